The topological polar surface area (TPSA) is 21.3 Å². The minimum absolute atomic E-state index is 0.566. The van der Waals surface area contributed by atoms with Crippen molar-refractivity contribution < 1.29 is 4.74 Å². The second-order valence-electron chi connectivity index (χ2n) is 6.33. The zero-order chi connectivity index (χ0) is 15.0. The second-order valence-corrected chi connectivity index (χ2v) is 6.33. The van der Waals surface area contributed by atoms with Crippen LogP contribution in [0, 0.1) is 11.8 Å². The van der Waals surface area contributed by atoms with Crippen molar-refractivity contribution in [2.45, 2.75) is 47.0 Å². The van der Waals surface area contributed by atoms with Gasteiger partial charge in [-0.2, -0.15) is 0 Å². The van der Waals surface area contributed by atoms with Crippen LogP contribution >= 0.6 is 0 Å². The molecule has 2 heteroatoms. The molecule has 0 heterocycles. The van der Waals surface area contributed by atoms with Crippen LogP contribution in [0.3, 0.4) is 0 Å². The van der Waals surface area contributed by atoms with Gasteiger partial charge >= 0.3 is 0 Å². The van der Waals surface area contributed by atoms with Crippen molar-refractivity contribution in [1.29, 1.82) is 0 Å². The largest absolute Gasteiger partial charge is 0.493 e. The van der Waals surface area contributed by atoms with E-state index in [4.69, 9.17) is 4.74 Å². The molecule has 1 aromatic rings. The van der Waals surface area contributed by atoms with Gasteiger partial charge in [0.2, 0.25) is 0 Å². The molecular weight excluding hydrogens is 246 g/mol. The first kappa shape index (κ1) is 17.0. The maximum absolute atomic E-state index is 5.75. The summed E-state index contributed by atoms with van der Waals surface area (Å²) in [6.07, 6.45) is 1.19. The van der Waals surface area contributed by atoms with E-state index in [9.17, 15) is 0 Å². The lowest BCUT2D eigenvalue weighted by molar-refractivity contribution is 0.271. The predicted octanol–water partition coefficient (Wildman–Crippen LogP) is 4.46. The summed E-state index contributed by atoms with van der Waals surface area (Å²) in [5, 5.41) is 3.54. The van der Waals surface area contributed by atoms with Gasteiger partial charge in [-0.05, 0) is 48.4 Å². The average Bonchev–Trinajstić information content (AvgIpc) is 2.42. The number of benzene rings is 1. The summed E-state index contributed by atoms with van der Waals surface area (Å²) in [7, 11) is 0. The Morgan fingerprint density at radius 2 is 1.70 bits per heavy atom. The molecule has 0 aliphatic heterocycles. The van der Waals surface area contributed by atoms with Gasteiger partial charge < -0.3 is 10.1 Å². The van der Waals surface area contributed by atoms with Gasteiger partial charge in [0.25, 0.3) is 0 Å². The molecule has 0 fully saturated rings. The summed E-state index contributed by atoms with van der Waals surface area (Å²) in [6.45, 7) is 14.1. The number of hydrogen-bond acceptors (Lipinski definition) is 2. The Kier molecular flexibility index (Phi) is 7.68. The molecule has 0 aromatic heterocycles. The summed E-state index contributed by atoms with van der Waals surface area (Å²) in [4.78, 5) is 0. The molecule has 1 N–H and O–H groups in total. The molecule has 0 bridgehead atoms. The third kappa shape index (κ3) is 5.96. The maximum Gasteiger partial charge on any atom is 0.119 e. The third-order valence-corrected chi connectivity index (χ3v) is 3.49. The molecule has 1 atom stereocenters. The molecule has 0 spiro atoms. The molecule has 0 amide bonds. The zero-order valence-electron chi connectivity index (χ0n) is 13.8. The highest BCUT2D eigenvalue weighted by Crippen LogP contribution is 2.25. The Bertz CT molecular complexity index is 356. The molecule has 2 nitrogen and oxygen atoms in total. The molecule has 0 aliphatic rings. The Morgan fingerprint density at radius 1 is 1.05 bits per heavy atom. The summed E-state index contributed by atoms with van der Waals surface area (Å²) in [6, 6.07) is 8.64. The van der Waals surface area contributed by atoms with E-state index >= 15 is 0 Å². The highest BCUT2D eigenvalue weighted by atomic mass is 16.5. The molecule has 1 unspecified atom stereocenters. The first-order valence-electron chi connectivity index (χ1n) is 7.98. The van der Waals surface area contributed by atoms with Crippen molar-refractivity contribution in [1.82, 2.24) is 5.32 Å². The SMILES string of the molecule is CCCNCC(c1ccc(OCC(C)C)cc1)C(C)C. The molecule has 1 rings (SSSR count). The average molecular weight is 277 g/mol. The Morgan fingerprint density at radius 3 is 2.20 bits per heavy atom. The summed E-state index contributed by atoms with van der Waals surface area (Å²) >= 11 is 0. The van der Waals surface area contributed by atoms with E-state index in [1.807, 2.05) is 0 Å². The fourth-order valence-electron chi connectivity index (χ4n) is 2.25. The molecule has 1 aromatic carbocycles. The van der Waals surface area contributed by atoms with E-state index < -0.39 is 0 Å². The quantitative estimate of drug-likeness (QED) is 0.673. The van der Waals surface area contributed by atoms with Crippen molar-refractivity contribution in [2.75, 3.05) is 19.7 Å². The fourth-order valence-corrected chi connectivity index (χ4v) is 2.25. The van der Waals surface area contributed by atoms with Crippen molar-refractivity contribution >= 4 is 0 Å². The van der Waals surface area contributed by atoms with Crippen LogP contribution in [0.5, 0.6) is 5.75 Å². The van der Waals surface area contributed by atoms with Crippen LogP contribution < -0.4 is 10.1 Å². The van der Waals surface area contributed by atoms with E-state index in [2.05, 4.69) is 64.2 Å². The van der Waals surface area contributed by atoms with Gasteiger partial charge in [0.1, 0.15) is 5.75 Å². The molecule has 0 saturated carbocycles. The first-order valence-corrected chi connectivity index (χ1v) is 7.98. The molecule has 20 heavy (non-hydrogen) atoms. The van der Waals surface area contributed by atoms with E-state index in [1.54, 1.807) is 0 Å². The van der Waals surface area contributed by atoms with Gasteiger partial charge in [-0.1, -0.05) is 46.8 Å². The van der Waals surface area contributed by atoms with Gasteiger partial charge in [-0.3, -0.25) is 0 Å². The number of rotatable bonds is 9. The van der Waals surface area contributed by atoms with Crippen molar-refractivity contribution in [3.05, 3.63) is 29.8 Å². The Labute approximate surface area is 124 Å². The summed E-state index contributed by atoms with van der Waals surface area (Å²) in [5.41, 5.74) is 1.40. The highest BCUT2D eigenvalue weighted by molar-refractivity contribution is 5.30. The van der Waals surface area contributed by atoms with Gasteiger partial charge in [-0.15, -0.1) is 0 Å². The lowest BCUT2D eigenvalue weighted by atomic mass is 9.88. The van der Waals surface area contributed by atoms with Crippen LogP contribution in [0.25, 0.3) is 0 Å². The normalized spacial score (nSPS) is 12.9. The third-order valence-electron chi connectivity index (χ3n) is 3.49. The molecular formula is C18H31NO. The van der Waals surface area contributed by atoms with Crippen LogP contribution in [-0.2, 0) is 0 Å². The van der Waals surface area contributed by atoms with Crippen LogP contribution in [0.2, 0.25) is 0 Å². The molecule has 0 aliphatic carbocycles. The minimum Gasteiger partial charge on any atom is -0.493 e. The van der Waals surface area contributed by atoms with Gasteiger partial charge in [0.05, 0.1) is 6.61 Å². The second kappa shape index (κ2) is 9.02. The van der Waals surface area contributed by atoms with Gasteiger partial charge in [0.15, 0.2) is 0 Å². The predicted molar refractivity (Wildman–Crippen MR) is 87.5 cm³/mol. The lowest BCUT2D eigenvalue weighted by Gasteiger charge is -2.22. The smallest absolute Gasteiger partial charge is 0.119 e. The summed E-state index contributed by atoms with van der Waals surface area (Å²) in [5.74, 6) is 2.75. The zero-order valence-corrected chi connectivity index (χ0v) is 13.8. The van der Waals surface area contributed by atoms with Gasteiger partial charge in [-0.25, -0.2) is 0 Å². The van der Waals surface area contributed by atoms with Gasteiger partial charge in [0, 0.05) is 6.54 Å². The molecule has 114 valence electrons. The lowest BCUT2D eigenvalue weighted by Crippen LogP contribution is -2.25. The van der Waals surface area contributed by atoms with E-state index in [1.165, 1.54) is 12.0 Å². The first-order chi connectivity index (χ1) is 9.54. The van der Waals surface area contributed by atoms with E-state index in [0.717, 1.165) is 25.4 Å². The fraction of sp³-hybridized carbons (Fsp3) is 0.667. The van der Waals surface area contributed by atoms with Crippen molar-refractivity contribution in [3.63, 3.8) is 0 Å². The standard InChI is InChI=1S/C18H31NO/c1-6-11-19-12-18(15(4)5)16-7-9-17(10-8-16)20-13-14(2)3/h7-10,14-15,18-19H,6,11-13H2,1-5H3. The number of nitrogens with one attached hydrogen (secondary N) is 1. The van der Waals surface area contributed by atoms with Crippen LogP contribution in [0.15, 0.2) is 24.3 Å². The van der Waals surface area contributed by atoms with Crippen LogP contribution in [-0.4, -0.2) is 19.7 Å². The van der Waals surface area contributed by atoms with Crippen LogP contribution in [0.4, 0.5) is 0 Å². The Hall–Kier alpha value is -1.02. The van der Waals surface area contributed by atoms with Crippen molar-refractivity contribution in [3.8, 4) is 5.75 Å². The van der Waals surface area contributed by atoms with E-state index in [0.29, 0.717) is 17.8 Å². The molecule has 0 saturated heterocycles. The minimum atomic E-state index is 0.566. The van der Waals surface area contributed by atoms with Crippen molar-refractivity contribution in [2.24, 2.45) is 11.8 Å². The highest BCUT2D eigenvalue weighted by Gasteiger charge is 2.15. The monoisotopic (exact) mass is 277 g/mol. The summed E-state index contributed by atoms with van der Waals surface area (Å²) < 4.78 is 5.75. The maximum atomic E-state index is 5.75. The number of hydrogen-bond donors (Lipinski definition) is 1. The van der Waals surface area contributed by atoms with Crippen LogP contribution in [0.1, 0.15) is 52.5 Å². The molecule has 0 radical (unpaired) electrons. The van der Waals surface area contributed by atoms with E-state index in [-0.39, 0.29) is 0 Å². The number of ether oxygens (including phenoxy) is 1. The Balaban J connectivity index is 2.62.